The van der Waals surface area contributed by atoms with Crippen molar-refractivity contribution in [2.75, 3.05) is 18.5 Å². The van der Waals surface area contributed by atoms with E-state index >= 15 is 0 Å². The molecule has 8 nitrogen and oxygen atoms in total. The van der Waals surface area contributed by atoms with Crippen LogP contribution in [0.15, 0.2) is 20.9 Å². The average molecular weight is 426 g/mol. The second-order valence-electron chi connectivity index (χ2n) is 6.39. The molecule has 1 saturated heterocycles. The topological polar surface area (TPSA) is 111 Å². The van der Waals surface area contributed by atoms with Crippen molar-refractivity contribution in [3.8, 4) is 0 Å². The molecule has 1 fully saturated rings. The number of nitrogens with zero attached hydrogens (tertiary/aromatic N) is 1. The van der Waals surface area contributed by atoms with Gasteiger partial charge in [0.25, 0.3) is 0 Å². The van der Waals surface area contributed by atoms with Crippen LogP contribution in [0.5, 0.6) is 0 Å². The van der Waals surface area contributed by atoms with Crippen molar-refractivity contribution in [1.82, 2.24) is 9.88 Å². The molecule has 0 aliphatic carbocycles. The van der Waals surface area contributed by atoms with Gasteiger partial charge in [0.1, 0.15) is 15.6 Å². The summed E-state index contributed by atoms with van der Waals surface area (Å²) < 4.78 is 38.4. The molecule has 3 rings (SSSR count). The second-order valence-corrected chi connectivity index (χ2v) is 9.50. The third-order valence-electron chi connectivity index (χ3n) is 4.27. The summed E-state index contributed by atoms with van der Waals surface area (Å²) in [5.74, 6) is 0.274. The Kier molecular flexibility index (Phi) is 6.65. The normalized spacial score (nSPS) is 17.4. The summed E-state index contributed by atoms with van der Waals surface area (Å²) in [6.07, 6.45) is 5.51. The molecule has 1 atom stereocenters. The molecule has 28 heavy (non-hydrogen) atoms. The number of hydrogen-bond acceptors (Lipinski definition) is 7. The van der Waals surface area contributed by atoms with Gasteiger partial charge in [0.15, 0.2) is 5.76 Å². The number of sulfonamides is 1. The third kappa shape index (κ3) is 5.07. The van der Waals surface area contributed by atoms with E-state index in [4.69, 9.17) is 9.26 Å². The quantitative estimate of drug-likeness (QED) is 0.673. The number of aryl methyl sites for hydroxylation is 1. The Bertz CT molecular complexity index is 956. The molecule has 152 valence electrons. The van der Waals surface area contributed by atoms with Crippen molar-refractivity contribution in [3.63, 3.8) is 0 Å². The zero-order chi connectivity index (χ0) is 20.1. The first-order chi connectivity index (χ1) is 13.4. The molecule has 1 amide bonds. The fraction of sp³-hybridized carbons (Fsp3) is 0.444. The minimum absolute atomic E-state index is 0.0550. The number of anilines is 1. The molecule has 0 radical (unpaired) electrons. The van der Waals surface area contributed by atoms with Gasteiger partial charge in [-0.25, -0.2) is 13.1 Å². The summed E-state index contributed by atoms with van der Waals surface area (Å²) in [6.45, 7) is 4.46. The lowest BCUT2D eigenvalue weighted by atomic mass is 10.2. The van der Waals surface area contributed by atoms with Gasteiger partial charge in [-0.15, -0.1) is 11.3 Å². The molecular formula is C18H23N3O5S2. The molecule has 3 heterocycles. The molecule has 1 aliphatic heterocycles. The van der Waals surface area contributed by atoms with Crippen LogP contribution in [-0.2, 0) is 19.6 Å². The maximum atomic E-state index is 12.4. The molecule has 0 saturated carbocycles. The molecule has 1 aliphatic rings. The van der Waals surface area contributed by atoms with E-state index in [0.717, 1.165) is 29.1 Å². The Labute approximate surface area is 168 Å². The van der Waals surface area contributed by atoms with E-state index in [1.807, 2.05) is 0 Å². The van der Waals surface area contributed by atoms with Gasteiger partial charge in [0.2, 0.25) is 15.9 Å². The van der Waals surface area contributed by atoms with E-state index in [1.165, 1.54) is 0 Å². The van der Waals surface area contributed by atoms with Crippen LogP contribution < -0.4 is 10.0 Å². The first-order valence-electron chi connectivity index (χ1n) is 9.04. The van der Waals surface area contributed by atoms with Crippen LogP contribution >= 0.6 is 11.3 Å². The monoisotopic (exact) mass is 425 g/mol. The largest absolute Gasteiger partial charge is 0.377 e. The maximum Gasteiger partial charge on any atom is 0.250 e. The zero-order valence-electron chi connectivity index (χ0n) is 15.7. The van der Waals surface area contributed by atoms with E-state index < -0.39 is 10.0 Å². The smallest absolute Gasteiger partial charge is 0.250 e. The lowest BCUT2D eigenvalue weighted by Gasteiger charge is -2.10. The van der Waals surface area contributed by atoms with Crippen LogP contribution in [0.3, 0.4) is 0 Å². The number of rotatable bonds is 8. The van der Waals surface area contributed by atoms with Gasteiger partial charge in [-0.3, -0.25) is 4.79 Å². The highest BCUT2D eigenvalue weighted by Crippen LogP contribution is 2.26. The highest BCUT2D eigenvalue weighted by atomic mass is 32.2. The van der Waals surface area contributed by atoms with Crippen LogP contribution in [0.1, 0.15) is 42.5 Å². The summed E-state index contributed by atoms with van der Waals surface area (Å²) in [4.78, 5) is 12.4. The standard InChI is InChI=1S/C18H23N3O5S2/c1-3-16(22)20-18-12(2)21-26-15(18)8-6-14-7-9-17(27-14)28(23,24)19-11-13-5-4-10-25-13/h6-9,13,19H,3-5,10-11H2,1-2H3,(H,20,22)/b8-6+/t13-/m0/s1. The van der Waals surface area contributed by atoms with E-state index in [-0.39, 0.29) is 22.8 Å². The highest BCUT2D eigenvalue weighted by Gasteiger charge is 2.21. The third-order valence-corrected chi connectivity index (χ3v) is 7.23. The Morgan fingerprint density at radius 3 is 2.93 bits per heavy atom. The lowest BCUT2D eigenvalue weighted by molar-refractivity contribution is -0.115. The fourth-order valence-corrected chi connectivity index (χ4v) is 5.03. The van der Waals surface area contributed by atoms with Gasteiger partial charge in [-0.2, -0.15) is 0 Å². The number of carbonyl (C=O) groups excluding carboxylic acids is 1. The van der Waals surface area contributed by atoms with Gasteiger partial charge < -0.3 is 14.6 Å². The first kappa shape index (κ1) is 20.7. The molecule has 2 aromatic heterocycles. The van der Waals surface area contributed by atoms with Crippen LogP contribution in [0.4, 0.5) is 5.69 Å². The number of ether oxygens (including phenoxy) is 1. The summed E-state index contributed by atoms with van der Waals surface area (Å²) in [5.41, 5.74) is 1.10. The van der Waals surface area contributed by atoms with Crippen molar-refractivity contribution in [1.29, 1.82) is 0 Å². The van der Waals surface area contributed by atoms with E-state index in [2.05, 4.69) is 15.2 Å². The minimum atomic E-state index is -3.57. The maximum absolute atomic E-state index is 12.4. The minimum Gasteiger partial charge on any atom is -0.377 e. The molecule has 0 unspecified atom stereocenters. The number of amides is 1. The van der Waals surface area contributed by atoms with Crippen molar-refractivity contribution in [2.24, 2.45) is 0 Å². The van der Waals surface area contributed by atoms with Gasteiger partial charge >= 0.3 is 0 Å². The number of hydrogen-bond donors (Lipinski definition) is 2. The zero-order valence-corrected chi connectivity index (χ0v) is 17.4. The van der Waals surface area contributed by atoms with Crippen molar-refractivity contribution in [2.45, 2.75) is 43.4 Å². The molecule has 10 heteroatoms. The summed E-state index contributed by atoms with van der Waals surface area (Å²) in [6, 6.07) is 3.28. The molecule has 2 aromatic rings. The molecule has 2 N–H and O–H groups in total. The number of carbonyl (C=O) groups is 1. The van der Waals surface area contributed by atoms with Gasteiger partial charge in [-0.05, 0) is 44.1 Å². The molecule has 0 aromatic carbocycles. The summed E-state index contributed by atoms with van der Waals surface area (Å²) in [7, 11) is -3.57. The van der Waals surface area contributed by atoms with Crippen LogP contribution in [0, 0.1) is 6.92 Å². The van der Waals surface area contributed by atoms with Crippen molar-refractivity contribution >= 4 is 45.1 Å². The van der Waals surface area contributed by atoms with Crippen LogP contribution in [0.25, 0.3) is 12.2 Å². The second kappa shape index (κ2) is 8.99. The Morgan fingerprint density at radius 2 is 2.21 bits per heavy atom. The van der Waals surface area contributed by atoms with Crippen LogP contribution in [0.2, 0.25) is 0 Å². The molecule has 0 bridgehead atoms. The number of nitrogens with one attached hydrogen (secondary N) is 2. The van der Waals surface area contributed by atoms with E-state index in [9.17, 15) is 13.2 Å². The Hall–Kier alpha value is -2.01. The summed E-state index contributed by atoms with van der Waals surface area (Å²) in [5, 5.41) is 6.62. The van der Waals surface area contributed by atoms with Gasteiger partial charge in [0.05, 0.1) is 6.10 Å². The van der Waals surface area contributed by atoms with Gasteiger partial charge in [0, 0.05) is 24.4 Å². The molecular weight excluding hydrogens is 402 g/mol. The first-order valence-corrected chi connectivity index (χ1v) is 11.3. The highest BCUT2D eigenvalue weighted by molar-refractivity contribution is 7.91. The van der Waals surface area contributed by atoms with Crippen molar-refractivity contribution < 1.29 is 22.5 Å². The fourth-order valence-electron chi connectivity index (χ4n) is 2.69. The SMILES string of the molecule is CCC(=O)Nc1c(C)noc1/C=C/c1ccc(S(=O)(=O)NC[C@@H]2CCCO2)s1. The lowest BCUT2D eigenvalue weighted by Crippen LogP contribution is -2.31. The Balaban J connectivity index is 1.68. The van der Waals surface area contributed by atoms with Crippen LogP contribution in [-0.4, -0.2) is 38.7 Å². The average Bonchev–Trinajstić information content (AvgIpc) is 3.41. The number of thiophene rings is 1. The van der Waals surface area contributed by atoms with Crippen molar-refractivity contribution in [3.05, 3.63) is 28.5 Å². The molecule has 0 spiro atoms. The number of aromatic nitrogens is 1. The summed E-state index contributed by atoms with van der Waals surface area (Å²) >= 11 is 1.15. The van der Waals surface area contributed by atoms with E-state index in [1.54, 1.807) is 38.1 Å². The van der Waals surface area contributed by atoms with E-state index in [0.29, 0.717) is 30.2 Å². The Morgan fingerprint density at radius 1 is 1.39 bits per heavy atom. The predicted octanol–water partition coefficient (Wildman–Crippen LogP) is 3.02. The predicted molar refractivity (Wildman–Crippen MR) is 108 cm³/mol. The van der Waals surface area contributed by atoms with Gasteiger partial charge in [-0.1, -0.05) is 12.1 Å².